The number of benzene rings is 1. The van der Waals surface area contributed by atoms with Gasteiger partial charge < -0.3 is 10.1 Å². The van der Waals surface area contributed by atoms with Gasteiger partial charge in [-0.25, -0.2) is 0 Å². The van der Waals surface area contributed by atoms with Gasteiger partial charge in [0.25, 0.3) is 0 Å². The van der Waals surface area contributed by atoms with Crippen molar-refractivity contribution in [3.8, 4) is 5.75 Å². The first-order valence-corrected chi connectivity index (χ1v) is 7.73. The number of ether oxygens (including phenoxy) is 1. The van der Waals surface area contributed by atoms with Crippen molar-refractivity contribution in [3.05, 3.63) is 29.3 Å². The van der Waals surface area contributed by atoms with Crippen LogP contribution in [0.4, 0.5) is 0 Å². The van der Waals surface area contributed by atoms with Crippen molar-refractivity contribution in [2.24, 2.45) is 5.92 Å². The van der Waals surface area contributed by atoms with Crippen LogP contribution in [0.25, 0.3) is 0 Å². The van der Waals surface area contributed by atoms with Crippen molar-refractivity contribution in [1.29, 1.82) is 0 Å². The number of hydrogen-bond donors (Lipinski definition) is 1. The zero-order valence-electron chi connectivity index (χ0n) is 12.1. The van der Waals surface area contributed by atoms with E-state index in [1.54, 1.807) is 0 Å². The summed E-state index contributed by atoms with van der Waals surface area (Å²) in [7, 11) is 0. The Balaban J connectivity index is 1.50. The molecule has 1 aromatic carbocycles. The van der Waals surface area contributed by atoms with Gasteiger partial charge in [0, 0.05) is 18.5 Å². The van der Waals surface area contributed by atoms with E-state index in [4.69, 9.17) is 4.74 Å². The van der Waals surface area contributed by atoms with Gasteiger partial charge in [-0.2, -0.15) is 0 Å². The molecule has 1 saturated carbocycles. The van der Waals surface area contributed by atoms with Gasteiger partial charge in [-0.3, -0.25) is 0 Å². The Hall–Kier alpha value is -1.02. The van der Waals surface area contributed by atoms with Crippen LogP contribution in [0.1, 0.15) is 44.2 Å². The van der Waals surface area contributed by atoms with Crippen LogP contribution in [-0.2, 0) is 12.8 Å². The van der Waals surface area contributed by atoms with E-state index in [1.807, 2.05) is 0 Å². The summed E-state index contributed by atoms with van der Waals surface area (Å²) >= 11 is 0. The first-order chi connectivity index (χ1) is 9.22. The summed E-state index contributed by atoms with van der Waals surface area (Å²) in [5.41, 5.74) is 2.86. The van der Waals surface area contributed by atoms with Crippen LogP contribution in [0.2, 0.25) is 0 Å². The fraction of sp³-hybridized carbons (Fsp3) is 0.647. The Morgan fingerprint density at radius 2 is 2.16 bits per heavy atom. The zero-order valence-corrected chi connectivity index (χ0v) is 12.1. The lowest BCUT2D eigenvalue weighted by molar-refractivity contribution is 0.356. The third-order valence-electron chi connectivity index (χ3n) is 4.57. The van der Waals surface area contributed by atoms with E-state index < -0.39 is 0 Å². The third kappa shape index (κ3) is 3.30. The summed E-state index contributed by atoms with van der Waals surface area (Å²) in [6.07, 6.45) is 6.29. The van der Waals surface area contributed by atoms with Gasteiger partial charge in [-0.15, -0.1) is 0 Å². The Bertz CT molecular complexity index is 439. The molecule has 1 aromatic rings. The molecule has 104 valence electrons. The minimum absolute atomic E-state index is 0.644. The van der Waals surface area contributed by atoms with Crippen molar-refractivity contribution >= 4 is 0 Å². The molecule has 2 unspecified atom stereocenters. The van der Waals surface area contributed by atoms with E-state index in [-0.39, 0.29) is 0 Å². The highest BCUT2D eigenvalue weighted by Crippen LogP contribution is 2.27. The molecule has 2 nitrogen and oxygen atoms in total. The molecule has 0 aromatic heterocycles. The molecule has 0 bridgehead atoms. The fourth-order valence-electron chi connectivity index (χ4n) is 2.83. The zero-order chi connectivity index (χ0) is 13.2. The third-order valence-corrected chi connectivity index (χ3v) is 4.57. The number of aryl methyl sites for hydroxylation is 1. The minimum Gasteiger partial charge on any atom is -0.493 e. The summed E-state index contributed by atoms with van der Waals surface area (Å²) in [5.74, 6) is 1.84. The van der Waals surface area contributed by atoms with E-state index in [0.29, 0.717) is 6.04 Å². The lowest BCUT2D eigenvalue weighted by atomic mass is 9.94. The van der Waals surface area contributed by atoms with Crippen molar-refractivity contribution in [1.82, 2.24) is 5.32 Å². The standard InChI is InChI=1S/C17H25NO/c1-12(13(2)18-16-6-7-16)3-4-14-5-8-17-15(11-14)9-10-19-17/h5,8,11-13,16,18H,3-4,6-7,9-10H2,1-2H3. The predicted molar refractivity (Wildman–Crippen MR) is 78.7 cm³/mol. The van der Waals surface area contributed by atoms with Gasteiger partial charge in [0.1, 0.15) is 5.75 Å². The maximum absolute atomic E-state index is 5.56. The highest BCUT2D eigenvalue weighted by atomic mass is 16.5. The molecule has 0 saturated heterocycles. The molecule has 2 heteroatoms. The van der Waals surface area contributed by atoms with Crippen molar-refractivity contribution in [3.63, 3.8) is 0 Å². The molecule has 1 aliphatic heterocycles. The van der Waals surface area contributed by atoms with Crippen molar-refractivity contribution < 1.29 is 4.74 Å². The molecule has 1 heterocycles. The quantitative estimate of drug-likeness (QED) is 0.846. The second kappa shape index (κ2) is 5.54. The van der Waals surface area contributed by atoms with E-state index in [1.165, 1.54) is 36.8 Å². The fourth-order valence-corrected chi connectivity index (χ4v) is 2.83. The monoisotopic (exact) mass is 259 g/mol. The summed E-state index contributed by atoms with van der Waals surface area (Å²) in [4.78, 5) is 0. The van der Waals surface area contributed by atoms with E-state index >= 15 is 0 Å². The first kappa shape index (κ1) is 13.0. The maximum atomic E-state index is 5.56. The lowest BCUT2D eigenvalue weighted by Gasteiger charge is -2.21. The average molecular weight is 259 g/mol. The predicted octanol–water partition coefficient (Wildman–Crippen LogP) is 3.33. The van der Waals surface area contributed by atoms with E-state index in [9.17, 15) is 0 Å². The van der Waals surface area contributed by atoms with Crippen molar-refractivity contribution in [2.45, 2.75) is 58.0 Å². The second-order valence-corrected chi connectivity index (χ2v) is 6.29. The highest BCUT2D eigenvalue weighted by molar-refractivity contribution is 5.39. The van der Waals surface area contributed by atoms with Crippen LogP contribution in [-0.4, -0.2) is 18.7 Å². The van der Waals surface area contributed by atoms with Crippen LogP contribution in [0.3, 0.4) is 0 Å². The highest BCUT2D eigenvalue weighted by Gasteiger charge is 2.24. The molecule has 0 radical (unpaired) electrons. The number of hydrogen-bond acceptors (Lipinski definition) is 2. The largest absolute Gasteiger partial charge is 0.493 e. The first-order valence-electron chi connectivity index (χ1n) is 7.73. The maximum Gasteiger partial charge on any atom is 0.122 e. The molecule has 0 amide bonds. The van der Waals surface area contributed by atoms with Crippen molar-refractivity contribution in [2.75, 3.05) is 6.61 Å². The summed E-state index contributed by atoms with van der Waals surface area (Å²) < 4.78 is 5.56. The molecule has 2 atom stereocenters. The van der Waals surface area contributed by atoms with Crippen LogP contribution < -0.4 is 10.1 Å². The van der Waals surface area contributed by atoms with Gasteiger partial charge in [0.2, 0.25) is 0 Å². The second-order valence-electron chi connectivity index (χ2n) is 6.29. The molecule has 2 aliphatic rings. The molecule has 0 spiro atoms. The Morgan fingerprint density at radius 3 is 2.95 bits per heavy atom. The van der Waals surface area contributed by atoms with Crippen LogP contribution >= 0.6 is 0 Å². The lowest BCUT2D eigenvalue weighted by Crippen LogP contribution is -2.33. The van der Waals surface area contributed by atoms with Gasteiger partial charge in [-0.05, 0) is 55.7 Å². The molecule has 1 fully saturated rings. The molecule has 1 N–H and O–H groups in total. The Morgan fingerprint density at radius 1 is 1.32 bits per heavy atom. The summed E-state index contributed by atoms with van der Waals surface area (Å²) in [6, 6.07) is 8.18. The summed E-state index contributed by atoms with van der Waals surface area (Å²) in [6.45, 7) is 5.56. The van der Waals surface area contributed by atoms with Gasteiger partial charge in [0.15, 0.2) is 0 Å². The number of rotatable bonds is 6. The number of nitrogens with one attached hydrogen (secondary N) is 1. The molecular formula is C17H25NO. The molecular weight excluding hydrogens is 234 g/mol. The average Bonchev–Trinajstić information content (AvgIpc) is 3.10. The topological polar surface area (TPSA) is 21.3 Å². The SMILES string of the molecule is CC(CCc1ccc2c(c1)CCO2)C(C)NC1CC1. The minimum atomic E-state index is 0.644. The normalized spacial score (nSPS) is 20.7. The van der Waals surface area contributed by atoms with Crippen LogP contribution in [0, 0.1) is 5.92 Å². The Labute approximate surface area is 116 Å². The Kier molecular flexibility index (Phi) is 3.79. The number of fused-ring (bicyclic) bond motifs is 1. The summed E-state index contributed by atoms with van der Waals surface area (Å²) in [5, 5.41) is 3.71. The molecule has 3 rings (SSSR count). The van der Waals surface area contributed by atoms with Crippen LogP contribution in [0.15, 0.2) is 18.2 Å². The van der Waals surface area contributed by atoms with Gasteiger partial charge >= 0.3 is 0 Å². The van der Waals surface area contributed by atoms with E-state index in [0.717, 1.165) is 30.7 Å². The van der Waals surface area contributed by atoms with Gasteiger partial charge in [-0.1, -0.05) is 19.1 Å². The van der Waals surface area contributed by atoms with E-state index in [2.05, 4.69) is 37.4 Å². The molecule has 19 heavy (non-hydrogen) atoms. The smallest absolute Gasteiger partial charge is 0.122 e. The van der Waals surface area contributed by atoms with Gasteiger partial charge in [0.05, 0.1) is 6.61 Å². The van der Waals surface area contributed by atoms with Crippen LogP contribution in [0.5, 0.6) is 5.75 Å². The molecule has 1 aliphatic carbocycles.